The van der Waals surface area contributed by atoms with Crippen LogP contribution in [0, 0.1) is 16.2 Å². The molecule has 0 rings (SSSR count). The number of nitrogens with zero attached hydrogens (tertiary/aromatic N) is 3. The Bertz CT molecular complexity index is 1920. The summed E-state index contributed by atoms with van der Waals surface area (Å²) in [5.74, 6) is -3.85. The van der Waals surface area contributed by atoms with E-state index < -0.39 is 118 Å². The summed E-state index contributed by atoms with van der Waals surface area (Å²) in [4.78, 5) is 52.4. The third-order valence-electron chi connectivity index (χ3n) is 10.0. The molecule has 29 heteroatoms. The molecule has 0 aromatic heterocycles. The molecular formula is C54H111Cl3N3O19P3S. The van der Waals surface area contributed by atoms with Crippen molar-refractivity contribution in [3.8, 4) is 0 Å². The lowest BCUT2D eigenvalue weighted by Gasteiger charge is -2.47. The quantitative estimate of drug-likeness (QED) is 0.0223. The minimum atomic E-state index is -3.58. The lowest BCUT2D eigenvalue weighted by atomic mass is 9.94. The van der Waals surface area contributed by atoms with E-state index in [1.54, 1.807) is 65.5 Å². The number of hydrogen-bond acceptors (Lipinski definition) is 21. The second kappa shape index (κ2) is 41.6. The molecule has 2 N–H and O–H groups in total. The second-order valence-electron chi connectivity index (χ2n) is 24.3. The van der Waals surface area contributed by atoms with E-state index in [1.165, 1.54) is 24.1 Å². The zero-order valence-corrected chi connectivity index (χ0v) is 61.0. The third kappa shape index (κ3) is 36.5. The number of carboxylic acids is 1. The third-order valence-corrected chi connectivity index (χ3v) is 18.8. The van der Waals surface area contributed by atoms with E-state index >= 15 is 0 Å². The van der Waals surface area contributed by atoms with Crippen LogP contribution in [0.3, 0.4) is 0 Å². The minimum Gasteiger partial charge on any atom is -0.479 e. The van der Waals surface area contributed by atoms with Gasteiger partial charge in [0.05, 0.1) is 46.2 Å². The number of halogens is 3. The van der Waals surface area contributed by atoms with Gasteiger partial charge in [0.1, 0.15) is 24.0 Å². The van der Waals surface area contributed by atoms with Crippen LogP contribution in [0.1, 0.15) is 187 Å². The Morgan fingerprint density at radius 2 is 0.723 bits per heavy atom. The van der Waals surface area contributed by atoms with Crippen LogP contribution in [-0.2, 0) is 83.7 Å². The number of carbonyl (C=O) groups is 3. The number of aliphatic hydroxyl groups is 1. The smallest absolute Gasteiger partial charge is 0.350 e. The van der Waals surface area contributed by atoms with Gasteiger partial charge in [-0.05, 0) is 152 Å². The fraction of sp³-hybridized carbons (Fsp3) is 0.870. The van der Waals surface area contributed by atoms with Gasteiger partial charge in [0.15, 0.2) is 18.3 Å². The van der Waals surface area contributed by atoms with Crippen LogP contribution in [0.25, 0.3) is 0 Å². The summed E-state index contributed by atoms with van der Waals surface area (Å²) in [5.41, 5.74) is -3.37. The molecule has 6 atom stereocenters. The maximum absolute atomic E-state index is 13.7. The van der Waals surface area contributed by atoms with Crippen molar-refractivity contribution in [3.63, 3.8) is 0 Å². The van der Waals surface area contributed by atoms with E-state index in [9.17, 15) is 33.2 Å². The number of esters is 1. The molecular weight excluding hydrogens is 1230 g/mol. The average molecular weight is 1340 g/mol. The molecule has 0 aliphatic heterocycles. The molecule has 0 amide bonds. The van der Waals surface area contributed by atoms with Crippen molar-refractivity contribution < 1.29 is 88.9 Å². The number of hydrogen-bond donors (Lipinski definition) is 2. The van der Waals surface area contributed by atoms with E-state index in [1.807, 2.05) is 125 Å². The van der Waals surface area contributed by atoms with Crippen LogP contribution < -0.4 is 0 Å². The number of carboxylic acid groups (broad SMARTS) is 1. The highest BCUT2D eigenvalue weighted by Gasteiger charge is 2.55. The highest BCUT2D eigenvalue weighted by atomic mass is 36.0. The second-order valence-corrected chi connectivity index (χ2v) is 33.4. The SMILES string of the molecule is C=CCO.C=CCOC(=O)C(C)ON(C(C(C)(C)C)P(=O)(OCC)OCC)C(C)(C)C.CCOP(=O)(OCC)C(N(OC(C)C(=O)Cl)C(C)(C)C)C(C)(C)C.CCOP(=O)(OCC)C(N(OC(C)C(=O)O)C(C)(C)C)C(C)(C)C.O=S(Cl)Cl. The van der Waals surface area contributed by atoms with Crippen LogP contribution in [0.5, 0.6) is 0 Å². The van der Waals surface area contributed by atoms with Crippen LogP contribution in [-0.4, -0.2) is 152 Å². The predicted octanol–water partition coefficient (Wildman–Crippen LogP) is 14.9. The fourth-order valence-electron chi connectivity index (χ4n) is 7.13. The average Bonchev–Trinajstić information content (AvgIpc) is 3.28. The van der Waals surface area contributed by atoms with Crippen molar-refractivity contribution in [3.05, 3.63) is 25.3 Å². The summed E-state index contributed by atoms with van der Waals surface area (Å²) >= 11 is 5.56. The largest absolute Gasteiger partial charge is 0.479 e. The summed E-state index contributed by atoms with van der Waals surface area (Å²) in [6.45, 7) is 57.8. The lowest BCUT2D eigenvalue weighted by molar-refractivity contribution is -0.263. The molecule has 0 fully saturated rings. The van der Waals surface area contributed by atoms with Gasteiger partial charge in [0.2, 0.25) is 9.23 Å². The Labute approximate surface area is 517 Å². The Morgan fingerprint density at radius 1 is 0.506 bits per heavy atom. The van der Waals surface area contributed by atoms with Crippen molar-refractivity contribution in [1.29, 1.82) is 0 Å². The molecule has 0 saturated carbocycles. The molecule has 22 nitrogen and oxygen atoms in total. The van der Waals surface area contributed by atoms with Gasteiger partial charge in [-0.1, -0.05) is 81.0 Å². The van der Waals surface area contributed by atoms with Crippen LogP contribution in [0.15, 0.2) is 25.3 Å². The molecule has 498 valence electrons. The molecule has 0 bridgehead atoms. The van der Waals surface area contributed by atoms with Gasteiger partial charge in [-0.2, -0.15) is 15.2 Å². The molecule has 0 heterocycles. The number of carbonyl (C=O) groups excluding carboxylic acids is 2. The first-order valence-electron chi connectivity index (χ1n) is 27.5. The monoisotopic (exact) mass is 1340 g/mol. The van der Waals surface area contributed by atoms with E-state index in [4.69, 9.17) is 67.3 Å². The van der Waals surface area contributed by atoms with Gasteiger partial charge in [-0.25, -0.2) is 13.8 Å². The van der Waals surface area contributed by atoms with Crippen molar-refractivity contribution >= 4 is 82.2 Å². The van der Waals surface area contributed by atoms with E-state index in [0.717, 1.165) is 0 Å². The molecule has 0 spiro atoms. The summed E-state index contributed by atoms with van der Waals surface area (Å²) in [6, 6.07) is 0. The van der Waals surface area contributed by atoms with E-state index in [-0.39, 0.29) is 52.9 Å². The summed E-state index contributed by atoms with van der Waals surface area (Å²) in [5, 5.41) is 20.9. The first-order valence-corrected chi connectivity index (χ1v) is 35.5. The fourth-order valence-corrected chi connectivity index (χ4v) is 15.2. The van der Waals surface area contributed by atoms with E-state index in [2.05, 4.69) is 34.5 Å². The van der Waals surface area contributed by atoms with Crippen molar-refractivity contribution in [2.24, 2.45) is 16.2 Å². The first kappa shape index (κ1) is 91.0. The molecule has 6 unspecified atom stereocenters. The Hall–Kier alpha value is -0.720. The van der Waals surface area contributed by atoms with Crippen molar-refractivity contribution in [2.45, 2.75) is 239 Å². The van der Waals surface area contributed by atoms with E-state index in [0.29, 0.717) is 0 Å². The van der Waals surface area contributed by atoms with Gasteiger partial charge in [0.25, 0.3) is 5.24 Å². The van der Waals surface area contributed by atoms with Crippen LogP contribution in [0.4, 0.5) is 0 Å². The normalized spacial score (nSPS) is 15.2. The highest BCUT2D eigenvalue weighted by Crippen LogP contribution is 2.63. The highest BCUT2D eigenvalue weighted by molar-refractivity contribution is 8.26. The zero-order chi connectivity index (χ0) is 67.1. The Balaban J connectivity index is -0.000000343. The van der Waals surface area contributed by atoms with Gasteiger partial charge >= 0.3 is 34.7 Å². The first-order chi connectivity index (χ1) is 37.3. The summed E-state index contributed by atoms with van der Waals surface area (Å²) in [7, 11) is -3.35. The zero-order valence-electron chi connectivity index (χ0n) is 55.2. The minimum absolute atomic E-state index is 0.0833. The van der Waals surface area contributed by atoms with Crippen LogP contribution in [0.2, 0.25) is 0 Å². The maximum Gasteiger partial charge on any atom is 0.350 e. The number of rotatable bonds is 30. The van der Waals surface area contributed by atoms with Crippen molar-refractivity contribution in [1.82, 2.24) is 15.2 Å². The number of aliphatic carboxylic acids is 1. The topological polar surface area (TPSA) is 262 Å². The Kier molecular flexibility index (Phi) is 45.6. The lowest BCUT2D eigenvalue weighted by Crippen LogP contribution is -2.55. The maximum atomic E-state index is 13.7. The number of aliphatic hydroxyl groups excluding tert-OH is 1. The molecule has 0 aliphatic carbocycles. The molecule has 0 aromatic carbocycles. The van der Waals surface area contributed by atoms with Crippen molar-refractivity contribution in [2.75, 3.05) is 52.9 Å². The molecule has 0 radical (unpaired) electrons. The summed E-state index contributed by atoms with van der Waals surface area (Å²) < 4.78 is 88.3. The predicted molar refractivity (Wildman–Crippen MR) is 336 cm³/mol. The molecule has 83 heavy (non-hydrogen) atoms. The number of ether oxygens (including phenoxy) is 1. The van der Waals surface area contributed by atoms with Gasteiger partial charge < -0.3 is 42.1 Å². The standard InChI is InChI=1S/C19H38NO6P.C16H33ClNO5P.C16H34NO6P.C3H6O.Cl2OS/c1-11-14-23-16(21)15(4)26-20(19(8,9)10)17(18(5,6)7)27(22,24-12-2)25-13-3;1-10-21-24(20,22-11-2)14(15(4,5)6)18(16(7,8)9)23-12(3)13(17)19;1-10-21-24(20,22-11-2)14(15(4,5)6)17(16(7,8)9)23-12(3)13(18)19;1-2-3-4;1-4(2)3/h11,15,17H,1,12-14H2,2-10H3;12,14H,10-11H2,1-9H3;12,14H,10-11H2,1-9H3,(H,18,19);2,4H,1,3H2;. The van der Waals surface area contributed by atoms with Gasteiger partial charge in [-0.15, -0.1) is 6.58 Å². The summed E-state index contributed by atoms with van der Waals surface area (Å²) in [6.07, 6.45) is 0.0478. The molecule has 0 saturated heterocycles. The van der Waals surface area contributed by atoms with Gasteiger partial charge in [0, 0.05) is 38.0 Å². The number of hydroxylamine groups is 6. The van der Waals surface area contributed by atoms with Crippen LogP contribution >= 0.6 is 55.8 Å². The molecule has 0 aromatic rings. The molecule has 0 aliphatic rings. The van der Waals surface area contributed by atoms with Gasteiger partial charge in [-0.3, -0.25) is 33.0 Å². The Morgan fingerprint density at radius 3 is 0.880 bits per heavy atom.